The maximum atomic E-state index is 12.3. The molecule has 2 aromatic carbocycles. The molecule has 3 aromatic rings. The van der Waals surface area contributed by atoms with E-state index in [0.717, 1.165) is 11.1 Å². The van der Waals surface area contributed by atoms with Gasteiger partial charge >= 0.3 is 6.01 Å². The molecule has 0 unspecified atom stereocenters. The molecule has 0 spiro atoms. The van der Waals surface area contributed by atoms with Crippen LogP contribution in [0.2, 0.25) is 0 Å². The van der Waals surface area contributed by atoms with Gasteiger partial charge in [-0.1, -0.05) is 41.0 Å². The lowest BCUT2D eigenvalue weighted by molar-refractivity contribution is -0.116. The zero-order valence-corrected chi connectivity index (χ0v) is 18.1. The third kappa shape index (κ3) is 5.76. The molecule has 0 aliphatic carbocycles. The summed E-state index contributed by atoms with van der Waals surface area (Å²) in [5.41, 5.74) is 4.42. The van der Waals surface area contributed by atoms with Crippen molar-refractivity contribution in [2.45, 2.75) is 44.9 Å². The zero-order valence-electron chi connectivity index (χ0n) is 17.3. The van der Waals surface area contributed by atoms with Gasteiger partial charge in [0.25, 0.3) is 0 Å². The van der Waals surface area contributed by atoms with Gasteiger partial charge in [-0.05, 0) is 56.0 Å². The van der Waals surface area contributed by atoms with E-state index in [4.69, 9.17) is 4.42 Å². The number of benzene rings is 2. The predicted octanol–water partition coefficient (Wildman–Crippen LogP) is 3.78. The second-order valence-electron chi connectivity index (χ2n) is 7.38. The lowest BCUT2D eigenvalue weighted by Crippen LogP contribution is -2.14. The fraction of sp³-hybridized carbons (Fsp3) is 0.318. The van der Waals surface area contributed by atoms with Crippen molar-refractivity contribution >= 4 is 21.8 Å². The minimum absolute atomic E-state index is 0.0141. The van der Waals surface area contributed by atoms with E-state index in [1.54, 1.807) is 24.3 Å². The zero-order chi connectivity index (χ0) is 21.7. The number of nitrogens with one attached hydrogen (secondary N) is 1. The number of hydrogen-bond donors (Lipinski definition) is 1. The molecular weight excluding hydrogens is 402 g/mol. The number of nitrogens with zero attached hydrogens (tertiary/aromatic N) is 2. The van der Waals surface area contributed by atoms with E-state index in [2.05, 4.69) is 21.6 Å². The van der Waals surface area contributed by atoms with Crippen molar-refractivity contribution in [2.75, 3.05) is 11.1 Å². The van der Waals surface area contributed by atoms with E-state index in [0.29, 0.717) is 12.3 Å². The van der Waals surface area contributed by atoms with E-state index in [9.17, 15) is 13.2 Å². The van der Waals surface area contributed by atoms with Crippen LogP contribution in [0.4, 0.5) is 6.01 Å². The van der Waals surface area contributed by atoms with Gasteiger partial charge in [-0.2, -0.15) is 0 Å². The van der Waals surface area contributed by atoms with Crippen LogP contribution in [0.1, 0.15) is 41.0 Å². The molecule has 1 heterocycles. The Kier molecular flexibility index (Phi) is 6.66. The van der Waals surface area contributed by atoms with E-state index in [1.807, 2.05) is 32.9 Å². The minimum atomic E-state index is -3.41. The first-order chi connectivity index (χ1) is 14.2. The SMILES string of the molecule is Cc1ccc(S(=O)(=O)CCCC(=O)Nc2nnc(Cc3ccc(C)c(C)c3)o2)cc1. The van der Waals surface area contributed by atoms with Gasteiger partial charge in [0.1, 0.15) is 0 Å². The van der Waals surface area contributed by atoms with E-state index in [-0.39, 0.29) is 35.4 Å². The number of sulfone groups is 1. The summed E-state index contributed by atoms with van der Waals surface area (Å²) in [4.78, 5) is 12.4. The Morgan fingerprint density at radius 2 is 1.73 bits per heavy atom. The van der Waals surface area contributed by atoms with Crippen molar-refractivity contribution in [1.82, 2.24) is 10.2 Å². The maximum Gasteiger partial charge on any atom is 0.322 e. The number of carbonyl (C=O) groups excluding carboxylic acids is 1. The summed E-state index contributed by atoms with van der Waals surface area (Å²) >= 11 is 0. The summed E-state index contributed by atoms with van der Waals surface area (Å²) in [6, 6.07) is 12.8. The van der Waals surface area contributed by atoms with Crippen LogP contribution in [0.5, 0.6) is 0 Å². The monoisotopic (exact) mass is 427 g/mol. The van der Waals surface area contributed by atoms with Gasteiger partial charge in [-0.3, -0.25) is 10.1 Å². The van der Waals surface area contributed by atoms with Gasteiger partial charge in [0, 0.05) is 6.42 Å². The molecule has 30 heavy (non-hydrogen) atoms. The molecule has 0 aliphatic heterocycles. The van der Waals surface area contributed by atoms with Crippen LogP contribution in [-0.4, -0.2) is 30.3 Å². The molecule has 0 fully saturated rings. The summed E-state index contributed by atoms with van der Waals surface area (Å²) in [5, 5.41) is 10.3. The first-order valence-electron chi connectivity index (χ1n) is 9.71. The largest absolute Gasteiger partial charge is 0.407 e. The molecule has 0 radical (unpaired) electrons. The van der Waals surface area contributed by atoms with Gasteiger partial charge in [-0.25, -0.2) is 8.42 Å². The summed E-state index contributed by atoms with van der Waals surface area (Å²) in [7, 11) is -3.41. The second-order valence-corrected chi connectivity index (χ2v) is 9.49. The van der Waals surface area contributed by atoms with Gasteiger partial charge in [-0.15, -0.1) is 5.10 Å². The standard InChI is InChI=1S/C22H25N3O4S/c1-15-6-10-19(11-7-15)30(27,28)12-4-5-20(26)23-22-25-24-21(29-22)14-18-9-8-16(2)17(3)13-18/h6-11,13H,4-5,12,14H2,1-3H3,(H,23,25,26). The highest BCUT2D eigenvalue weighted by molar-refractivity contribution is 7.91. The molecular formula is C22H25N3O4S. The van der Waals surface area contributed by atoms with E-state index >= 15 is 0 Å². The van der Waals surface area contributed by atoms with Crippen molar-refractivity contribution in [1.29, 1.82) is 0 Å². The van der Waals surface area contributed by atoms with Crippen LogP contribution >= 0.6 is 0 Å². The molecule has 3 rings (SSSR count). The Bertz CT molecular complexity index is 1140. The van der Waals surface area contributed by atoms with Crippen molar-refractivity contribution < 1.29 is 17.6 Å². The Morgan fingerprint density at radius 3 is 2.43 bits per heavy atom. The normalized spacial score (nSPS) is 11.4. The van der Waals surface area contributed by atoms with Gasteiger partial charge < -0.3 is 4.42 Å². The Hall–Kier alpha value is -3.00. The molecule has 0 atom stereocenters. The minimum Gasteiger partial charge on any atom is -0.407 e. The molecule has 8 heteroatoms. The third-order valence-electron chi connectivity index (χ3n) is 4.84. The molecule has 7 nitrogen and oxygen atoms in total. The summed E-state index contributed by atoms with van der Waals surface area (Å²) in [6.07, 6.45) is 0.713. The Labute approximate surface area is 176 Å². The van der Waals surface area contributed by atoms with Gasteiger partial charge in [0.15, 0.2) is 9.84 Å². The number of anilines is 1. The second kappa shape index (κ2) is 9.21. The summed E-state index contributed by atoms with van der Waals surface area (Å²) in [5.74, 6) is -0.0725. The fourth-order valence-electron chi connectivity index (χ4n) is 2.93. The van der Waals surface area contributed by atoms with Crippen LogP contribution in [0, 0.1) is 20.8 Å². The number of rotatable bonds is 8. The number of amides is 1. The van der Waals surface area contributed by atoms with Crippen LogP contribution in [-0.2, 0) is 21.1 Å². The molecule has 158 valence electrons. The smallest absolute Gasteiger partial charge is 0.322 e. The van der Waals surface area contributed by atoms with Crippen LogP contribution in [0.15, 0.2) is 51.8 Å². The van der Waals surface area contributed by atoms with E-state index < -0.39 is 9.84 Å². The molecule has 0 saturated heterocycles. The van der Waals surface area contributed by atoms with E-state index in [1.165, 1.54) is 11.1 Å². The van der Waals surface area contributed by atoms with Gasteiger partial charge in [0.2, 0.25) is 11.8 Å². The quantitative estimate of drug-likeness (QED) is 0.587. The molecule has 0 saturated carbocycles. The number of aryl methyl sites for hydroxylation is 3. The van der Waals surface area contributed by atoms with Crippen LogP contribution in [0.3, 0.4) is 0 Å². The van der Waals surface area contributed by atoms with Crippen molar-refractivity contribution in [3.8, 4) is 0 Å². The van der Waals surface area contributed by atoms with Crippen molar-refractivity contribution in [3.05, 3.63) is 70.6 Å². The molecule has 1 N–H and O–H groups in total. The number of aromatic nitrogens is 2. The third-order valence-corrected chi connectivity index (χ3v) is 6.65. The van der Waals surface area contributed by atoms with Crippen LogP contribution < -0.4 is 5.32 Å². The molecule has 0 bridgehead atoms. The average molecular weight is 428 g/mol. The highest BCUT2D eigenvalue weighted by Crippen LogP contribution is 2.16. The molecule has 0 aliphatic rings. The maximum absolute atomic E-state index is 12.3. The fourth-order valence-corrected chi connectivity index (χ4v) is 4.24. The van der Waals surface area contributed by atoms with Crippen LogP contribution in [0.25, 0.3) is 0 Å². The first-order valence-corrected chi connectivity index (χ1v) is 11.4. The van der Waals surface area contributed by atoms with Crippen molar-refractivity contribution in [2.24, 2.45) is 0 Å². The topological polar surface area (TPSA) is 102 Å². The highest BCUT2D eigenvalue weighted by Gasteiger charge is 2.16. The van der Waals surface area contributed by atoms with Gasteiger partial charge in [0.05, 0.1) is 17.1 Å². The molecule has 1 aromatic heterocycles. The summed E-state index contributed by atoms with van der Waals surface area (Å²) < 4.78 is 30.1. The first kappa shape index (κ1) is 21.7. The van der Waals surface area contributed by atoms with Crippen molar-refractivity contribution in [3.63, 3.8) is 0 Å². The molecule has 1 amide bonds. The lowest BCUT2D eigenvalue weighted by Gasteiger charge is -2.05. The average Bonchev–Trinajstić information content (AvgIpc) is 3.11. The highest BCUT2D eigenvalue weighted by atomic mass is 32.2. The number of hydrogen-bond acceptors (Lipinski definition) is 6. The predicted molar refractivity (Wildman–Crippen MR) is 114 cm³/mol. The number of carbonyl (C=O) groups is 1. The summed E-state index contributed by atoms with van der Waals surface area (Å²) in [6.45, 7) is 5.98. The Balaban J connectivity index is 1.49. The lowest BCUT2D eigenvalue weighted by atomic mass is 10.0. The Morgan fingerprint density at radius 1 is 1.00 bits per heavy atom.